The lowest BCUT2D eigenvalue weighted by Crippen LogP contribution is -2.50. The highest BCUT2D eigenvalue weighted by atomic mass is 35.5. The topological polar surface area (TPSA) is 57.7 Å². The zero-order valence-electron chi connectivity index (χ0n) is 13.9. The summed E-state index contributed by atoms with van der Waals surface area (Å²) in [5, 5.41) is 0. The van der Waals surface area contributed by atoms with Crippen LogP contribution in [0, 0.1) is 11.6 Å². The van der Waals surface area contributed by atoms with Crippen molar-refractivity contribution in [2.75, 3.05) is 31.9 Å². The highest BCUT2D eigenvalue weighted by Gasteiger charge is 2.31. The van der Waals surface area contributed by atoms with Crippen LogP contribution in [0.2, 0.25) is 4.34 Å². The molecule has 27 heavy (non-hydrogen) atoms. The van der Waals surface area contributed by atoms with E-state index in [-0.39, 0.29) is 46.9 Å². The number of thiophene rings is 1. The number of carbonyl (C=O) groups is 1. The first kappa shape index (κ1) is 20.5. The molecule has 1 fully saturated rings. The van der Waals surface area contributed by atoms with Crippen LogP contribution in [0.25, 0.3) is 0 Å². The van der Waals surface area contributed by atoms with Gasteiger partial charge in [-0.05, 0) is 24.3 Å². The average Bonchev–Trinajstić information content (AvgIpc) is 3.08. The van der Waals surface area contributed by atoms with Gasteiger partial charge in [-0.15, -0.1) is 23.1 Å². The standard InChI is InChI=1S/C16H15ClF2N2O3S3/c17-14-3-4-16(26-14)27(23,24)21-7-5-20(6-8-21)15(22)10-25-13-2-1-11(18)9-12(13)19/h1-4,9H,5-8,10H2. The van der Waals surface area contributed by atoms with Crippen molar-refractivity contribution in [1.29, 1.82) is 0 Å². The van der Waals surface area contributed by atoms with Crippen molar-refractivity contribution in [3.63, 3.8) is 0 Å². The van der Waals surface area contributed by atoms with Crippen LogP contribution in [0.5, 0.6) is 0 Å². The third-order valence-corrected chi connectivity index (χ3v) is 8.61. The molecule has 0 bridgehead atoms. The SMILES string of the molecule is O=C(CSc1ccc(F)cc1F)N1CCN(S(=O)(=O)c2ccc(Cl)s2)CC1. The quantitative estimate of drug-likeness (QED) is 0.653. The van der Waals surface area contributed by atoms with Crippen LogP contribution >= 0.6 is 34.7 Å². The number of hydrogen-bond donors (Lipinski definition) is 0. The number of amides is 1. The Morgan fingerprint density at radius 2 is 1.85 bits per heavy atom. The molecule has 1 aromatic heterocycles. The lowest BCUT2D eigenvalue weighted by atomic mass is 10.3. The lowest BCUT2D eigenvalue weighted by molar-refractivity contribution is -0.129. The van der Waals surface area contributed by atoms with Crippen molar-refractivity contribution in [2.45, 2.75) is 9.10 Å². The molecule has 1 aliphatic heterocycles. The fourth-order valence-electron chi connectivity index (χ4n) is 2.56. The normalized spacial score (nSPS) is 15.9. The Morgan fingerprint density at radius 1 is 1.15 bits per heavy atom. The first-order chi connectivity index (χ1) is 12.8. The van der Waals surface area contributed by atoms with Crippen molar-refractivity contribution < 1.29 is 22.0 Å². The minimum absolute atomic E-state index is 0.00413. The molecule has 0 atom stereocenters. The van der Waals surface area contributed by atoms with Gasteiger partial charge < -0.3 is 4.90 Å². The summed E-state index contributed by atoms with van der Waals surface area (Å²) in [6, 6.07) is 6.20. The molecule has 2 aromatic rings. The molecule has 146 valence electrons. The Kier molecular flexibility index (Phi) is 6.42. The van der Waals surface area contributed by atoms with E-state index >= 15 is 0 Å². The van der Waals surface area contributed by atoms with E-state index in [9.17, 15) is 22.0 Å². The summed E-state index contributed by atoms with van der Waals surface area (Å²) < 4.78 is 53.5. The monoisotopic (exact) mass is 452 g/mol. The van der Waals surface area contributed by atoms with Crippen molar-refractivity contribution in [3.05, 3.63) is 46.3 Å². The van der Waals surface area contributed by atoms with E-state index in [4.69, 9.17) is 11.6 Å². The second-order valence-corrected chi connectivity index (χ2v) is 10.6. The zero-order valence-corrected chi connectivity index (χ0v) is 17.1. The number of piperazine rings is 1. The molecule has 0 radical (unpaired) electrons. The van der Waals surface area contributed by atoms with Crippen molar-refractivity contribution in [1.82, 2.24) is 9.21 Å². The fourth-order valence-corrected chi connectivity index (χ4v) is 6.45. The second-order valence-electron chi connectivity index (χ2n) is 5.71. The van der Waals surface area contributed by atoms with E-state index in [2.05, 4.69) is 0 Å². The first-order valence-corrected chi connectivity index (χ1v) is 11.5. The van der Waals surface area contributed by atoms with E-state index in [0.29, 0.717) is 4.34 Å². The summed E-state index contributed by atoms with van der Waals surface area (Å²) in [6.45, 7) is 0.867. The smallest absolute Gasteiger partial charge is 0.252 e. The van der Waals surface area contributed by atoms with Gasteiger partial charge in [0.05, 0.1) is 10.1 Å². The van der Waals surface area contributed by atoms with Gasteiger partial charge in [-0.3, -0.25) is 4.79 Å². The van der Waals surface area contributed by atoms with Crippen LogP contribution < -0.4 is 0 Å². The van der Waals surface area contributed by atoms with Gasteiger partial charge in [0.1, 0.15) is 15.8 Å². The summed E-state index contributed by atoms with van der Waals surface area (Å²) in [7, 11) is -3.62. The van der Waals surface area contributed by atoms with E-state index in [0.717, 1.165) is 35.2 Å². The molecule has 5 nitrogen and oxygen atoms in total. The predicted octanol–water partition coefficient (Wildman–Crippen LogP) is 3.30. The first-order valence-electron chi connectivity index (χ1n) is 7.88. The third kappa shape index (κ3) is 4.80. The maximum atomic E-state index is 13.6. The summed E-state index contributed by atoms with van der Waals surface area (Å²) in [5.74, 6) is -1.61. The fraction of sp³-hybridized carbons (Fsp3) is 0.312. The Bertz CT molecular complexity index is 944. The summed E-state index contributed by atoms with van der Waals surface area (Å²) >= 11 is 7.79. The molecule has 1 saturated heterocycles. The highest BCUT2D eigenvalue weighted by Crippen LogP contribution is 2.29. The van der Waals surface area contributed by atoms with Gasteiger partial charge in [0, 0.05) is 37.1 Å². The van der Waals surface area contributed by atoms with Crippen molar-refractivity contribution in [2.24, 2.45) is 0 Å². The van der Waals surface area contributed by atoms with Gasteiger partial charge in [0.2, 0.25) is 5.91 Å². The molecule has 0 aliphatic carbocycles. The lowest BCUT2D eigenvalue weighted by Gasteiger charge is -2.33. The van der Waals surface area contributed by atoms with Gasteiger partial charge in [-0.2, -0.15) is 4.31 Å². The van der Waals surface area contributed by atoms with E-state index in [1.165, 1.54) is 22.5 Å². The molecule has 11 heteroatoms. The van der Waals surface area contributed by atoms with Gasteiger partial charge in [-0.25, -0.2) is 17.2 Å². The van der Waals surface area contributed by atoms with E-state index < -0.39 is 21.7 Å². The number of hydrogen-bond acceptors (Lipinski definition) is 5. The number of carbonyl (C=O) groups excluding carboxylic acids is 1. The Labute approximate surface area is 169 Å². The van der Waals surface area contributed by atoms with Crippen LogP contribution in [0.3, 0.4) is 0 Å². The highest BCUT2D eigenvalue weighted by molar-refractivity contribution is 8.00. The largest absolute Gasteiger partial charge is 0.339 e. The van der Waals surface area contributed by atoms with Crippen LogP contribution in [-0.2, 0) is 14.8 Å². The summed E-state index contributed by atoms with van der Waals surface area (Å²) in [6.07, 6.45) is 0. The Hall–Kier alpha value is -1.20. The number of benzene rings is 1. The number of sulfonamides is 1. The zero-order chi connectivity index (χ0) is 19.6. The van der Waals surface area contributed by atoms with Crippen molar-refractivity contribution in [3.8, 4) is 0 Å². The average molecular weight is 453 g/mol. The maximum Gasteiger partial charge on any atom is 0.252 e. The third-order valence-electron chi connectivity index (χ3n) is 3.98. The van der Waals surface area contributed by atoms with E-state index in [1.807, 2.05) is 0 Å². The molecule has 1 aromatic carbocycles. The predicted molar refractivity (Wildman–Crippen MR) is 102 cm³/mol. The Morgan fingerprint density at radius 3 is 2.44 bits per heavy atom. The van der Waals surface area contributed by atoms with Gasteiger partial charge in [-0.1, -0.05) is 11.6 Å². The molecule has 0 unspecified atom stereocenters. The minimum Gasteiger partial charge on any atom is -0.339 e. The number of rotatable bonds is 5. The maximum absolute atomic E-state index is 13.6. The van der Waals surface area contributed by atoms with Crippen LogP contribution in [-0.4, -0.2) is 55.5 Å². The molecule has 0 saturated carbocycles. The summed E-state index contributed by atoms with van der Waals surface area (Å²) in [4.78, 5) is 14.0. The van der Waals surface area contributed by atoms with Crippen LogP contribution in [0.1, 0.15) is 0 Å². The van der Waals surface area contributed by atoms with Crippen LogP contribution in [0.15, 0.2) is 39.4 Å². The number of nitrogens with zero attached hydrogens (tertiary/aromatic N) is 2. The molecular formula is C16H15ClF2N2O3S3. The molecule has 0 spiro atoms. The Balaban J connectivity index is 1.55. The second kappa shape index (κ2) is 8.44. The molecule has 0 N–H and O–H groups in total. The molecular weight excluding hydrogens is 438 g/mol. The molecule has 1 amide bonds. The van der Waals surface area contributed by atoms with Gasteiger partial charge in [0.15, 0.2) is 0 Å². The van der Waals surface area contributed by atoms with Gasteiger partial charge >= 0.3 is 0 Å². The molecule has 2 heterocycles. The number of halogens is 3. The van der Waals surface area contributed by atoms with Crippen molar-refractivity contribution >= 4 is 50.6 Å². The van der Waals surface area contributed by atoms with Gasteiger partial charge in [0.25, 0.3) is 10.0 Å². The van der Waals surface area contributed by atoms with E-state index in [1.54, 1.807) is 4.90 Å². The molecule has 3 rings (SSSR count). The molecule has 1 aliphatic rings. The minimum atomic E-state index is -3.62. The number of thioether (sulfide) groups is 1. The summed E-state index contributed by atoms with van der Waals surface area (Å²) in [5.41, 5.74) is 0. The van der Waals surface area contributed by atoms with Crippen LogP contribution in [0.4, 0.5) is 8.78 Å².